The highest BCUT2D eigenvalue weighted by atomic mass is 32.2. The predicted molar refractivity (Wildman–Crippen MR) is 82.4 cm³/mol. The Hall–Kier alpha value is -0.950. The number of nitrogens with zero attached hydrogens (tertiary/aromatic N) is 1. The summed E-state index contributed by atoms with van der Waals surface area (Å²) in [6, 6.07) is 6.89. The summed E-state index contributed by atoms with van der Waals surface area (Å²) in [6.07, 6.45) is 4.98. The van der Waals surface area contributed by atoms with Crippen molar-refractivity contribution >= 4 is 10.0 Å². The summed E-state index contributed by atoms with van der Waals surface area (Å²) in [5.74, 6) is 0. The lowest BCUT2D eigenvalue weighted by Gasteiger charge is -2.23. The quantitative estimate of drug-likeness (QED) is 0.797. The summed E-state index contributed by atoms with van der Waals surface area (Å²) in [6.45, 7) is 1.05. The van der Waals surface area contributed by atoms with Crippen molar-refractivity contribution in [3.05, 3.63) is 29.8 Å². The van der Waals surface area contributed by atoms with Gasteiger partial charge in [0, 0.05) is 19.1 Å². The van der Waals surface area contributed by atoms with E-state index in [1.807, 2.05) is 0 Å². The zero-order chi connectivity index (χ0) is 15.3. The minimum Gasteiger partial charge on any atom is -0.392 e. The van der Waals surface area contributed by atoms with Crippen LogP contribution in [0.25, 0.3) is 0 Å². The Balaban J connectivity index is 1.85. The highest BCUT2D eigenvalue weighted by Gasteiger charge is 2.20. The van der Waals surface area contributed by atoms with Crippen LogP contribution in [-0.4, -0.2) is 44.6 Å². The second-order valence-electron chi connectivity index (χ2n) is 5.62. The minimum absolute atomic E-state index is 0.0834. The molecule has 2 N–H and O–H groups in total. The van der Waals surface area contributed by atoms with Gasteiger partial charge in [0.15, 0.2) is 0 Å². The zero-order valence-corrected chi connectivity index (χ0v) is 13.3. The van der Waals surface area contributed by atoms with Gasteiger partial charge in [0.05, 0.1) is 11.5 Å². The van der Waals surface area contributed by atoms with E-state index < -0.39 is 10.0 Å². The molecule has 0 aliphatic heterocycles. The molecule has 2 rings (SSSR count). The number of sulfonamides is 1. The molecule has 1 fully saturated rings. The summed E-state index contributed by atoms with van der Waals surface area (Å²) in [4.78, 5) is 2.48. The lowest BCUT2D eigenvalue weighted by Crippen LogP contribution is -2.37. The molecule has 0 atom stereocenters. The maximum absolute atomic E-state index is 12.1. The molecule has 118 valence electrons. The van der Waals surface area contributed by atoms with Gasteiger partial charge in [0.25, 0.3) is 0 Å². The Bertz CT molecular complexity index is 537. The molecule has 0 spiro atoms. The van der Waals surface area contributed by atoms with E-state index in [2.05, 4.69) is 16.7 Å². The number of likely N-dealkylation sites (N-methyl/N-ethyl adjacent to an activating group) is 1. The number of benzene rings is 1. The standard InChI is InChI=1S/C15H24N2O3S/c1-17(14-4-2-3-5-14)11-10-16-21(19,20)15-8-6-13(12-18)7-9-15/h6-9,14,16,18H,2-5,10-12H2,1H3. The van der Waals surface area contributed by atoms with Crippen molar-refractivity contribution in [3.63, 3.8) is 0 Å². The molecular weight excluding hydrogens is 288 g/mol. The number of hydrogen-bond donors (Lipinski definition) is 2. The molecule has 1 aliphatic carbocycles. The second-order valence-corrected chi connectivity index (χ2v) is 7.39. The Kier molecular flexibility index (Phi) is 5.75. The van der Waals surface area contributed by atoms with Crippen LogP contribution in [-0.2, 0) is 16.6 Å². The van der Waals surface area contributed by atoms with Gasteiger partial charge in [0.1, 0.15) is 0 Å². The lowest BCUT2D eigenvalue weighted by atomic mass is 10.2. The molecule has 1 saturated carbocycles. The molecular formula is C15H24N2O3S. The molecule has 6 heteroatoms. The van der Waals surface area contributed by atoms with Crippen LogP contribution in [0.5, 0.6) is 0 Å². The van der Waals surface area contributed by atoms with Crippen LogP contribution in [0.3, 0.4) is 0 Å². The van der Waals surface area contributed by atoms with Crippen molar-refractivity contribution in [1.29, 1.82) is 0 Å². The number of aliphatic hydroxyl groups is 1. The van der Waals surface area contributed by atoms with Crippen molar-refractivity contribution in [1.82, 2.24) is 9.62 Å². The predicted octanol–water partition coefficient (Wildman–Crippen LogP) is 1.33. The van der Waals surface area contributed by atoms with Crippen LogP contribution in [0.1, 0.15) is 31.2 Å². The molecule has 1 aliphatic rings. The number of hydrogen-bond acceptors (Lipinski definition) is 4. The fourth-order valence-electron chi connectivity index (χ4n) is 2.74. The minimum atomic E-state index is -3.46. The molecule has 0 saturated heterocycles. The van der Waals surface area contributed by atoms with Gasteiger partial charge in [-0.1, -0.05) is 25.0 Å². The SMILES string of the molecule is CN(CCNS(=O)(=O)c1ccc(CO)cc1)C1CCCC1. The average Bonchev–Trinajstić information content (AvgIpc) is 3.01. The third-order valence-electron chi connectivity index (χ3n) is 4.12. The fourth-order valence-corrected chi connectivity index (χ4v) is 3.76. The Labute approximate surface area is 127 Å². The van der Waals surface area contributed by atoms with Crippen molar-refractivity contribution in [2.75, 3.05) is 20.1 Å². The second kappa shape index (κ2) is 7.35. The third kappa shape index (κ3) is 4.51. The van der Waals surface area contributed by atoms with Crippen molar-refractivity contribution in [2.24, 2.45) is 0 Å². The van der Waals surface area contributed by atoms with Crippen LogP contribution in [0.4, 0.5) is 0 Å². The number of rotatable bonds is 7. The molecule has 0 aromatic heterocycles. The van der Waals surface area contributed by atoms with E-state index in [0.29, 0.717) is 18.2 Å². The summed E-state index contributed by atoms with van der Waals surface area (Å²) in [5, 5.41) is 8.97. The maximum Gasteiger partial charge on any atom is 0.240 e. The average molecular weight is 312 g/mol. The van der Waals surface area contributed by atoms with Crippen LogP contribution in [0, 0.1) is 0 Å². The lowest BCUT2D eigenvalue weighted by molar-refractivity contribution is 0.250. The highest BCUT2D eigenvalue weighted by molar-refractivity contribution is 7.89. The van der Waals surface area contributed by atoms with Gasteiger partial charge in [-0.05, 0) is 37.6 Å². The van der Waals surface area contributed by atoms with Gasteiger partial charge in [-0.25, -0.2) is 13.1 Å². The van der Waals surface area contributed by atoms with E-state index in [-0.39, 0.29) is 11.5 Å². The molecule has 0 unspecified atom stereocenters. The summed E-state index contributed by atoms with van der Waals surface area (Å²) in [5.41, 5.74) is 0.704. The van der Waals surface area contributed by atoms with Gasteiger partial charge >= 0.3 is 0 Å². The summed E-state index contributed by atoms with van der Waals surface area (Å²) >= 11 is 0. The Morgan fingerprint density at radius 2 is 1.86 bits per heavy atom. The monoisotopic (exact) mass is 312 g/mol. The molecule has 1 aromatic carbocycles. The zero-order valence-electron chi connectivity index (χ0n) is 12.5. The van der Waals surface area contributed by atoms with Crippen molar-refractivity contribution in [3.8, 4) is 0 Å². The molecule has 0 radical (unpaired) electrons. The Morgan fingerprint density at radius 1 is 1.24 bits per heavy atom. The van der Waals surface area contributed by atoms with Crippen LogP contribution < -0.4 is 4.72 Å². The smallest absolute Gasteiger partial charge is 0.240 e. The first-order valence-corrected chi connectivity index (χ1v) is 8.91. The third-order valence-corrected chi connectivity index (χ3v) is 5.60. The van der Waals surface area contributed by atoms with Gasteiger partial charge in [-0.3, -0.25) is 0 Å². The highest BCUT2D eigenvalue weighted by Crippen LogP contribution is 2.21. The van der Waals surface area contributed by atoms with E-state index in [4.69, 9.17) is 5.11 Å². The summed E-state index contributed by atoms with van der Waals surface area (Å²) < 4.78 is 26.9. The van der Waals surface area contributed by atoms with Gasteiger partial charge in [-0.2, -0.15) is 0 Å². The van der Waals surface area contributed by atoms with E-state index in [1.165, 1.54) is 37.8 Å². The molecule has 5 nitrogen and oxygen atoms in total. The molecule has 1 aromatic rings. The molecule has 0 amide bonds. The summed E-state index contributed by atoms with van der Waals surface area (Å²) in [7, 11) is -1.41. The fraction of sp³-hybridized carbons (Fsp3) is 0.600. The molecule has 0 bridgehead atoms. The largest absolute Gasteiger partial charge is 0.392 e. The van der Waals surface area contributed by atoms with Crippen LogP contribution in [0.15, 0.2) is 29.2 Å². The molecule has 0 heterocycles. The number of nitrogens with one attached hydrogen (secondary N) is 1. The van der Waals surface area contributed by atoms with Gasteiger partial charge in [0.2, 0.25) is 10.0 Å². The van der Waals surface area contributed by atoms with Gasteiger partial charge < -0.3 is 10.0 Å². The van der Waals surface area contributed by atoms with Gasteiger partial charge in [-0.15, -0.1) is 0 Å². The topological polar surface area (TPSA) is 69.6 Å². The molecule has 21 heavy (non-hydrogen) atoms. The first kappa shape index (κ1) is 16.4. The van der Waals surface area contributed by atoms with Crippen molar-refractivity contribution in [2.45, 2.75) is 43.2 Å². The maximum atomic E-state index is 12.1. The van der Waals surface area contributed by atoms with Crippen LogP contribution >= 0.6 is 0 Å². The van der Waals surface area contributed by atoms with E-state index in [9.17, 15) is 8.42 Å². The van der Waals surface area contributed by atoms with E-state index in [1.54, 1.807) is 12.1 Å². The number of aliphatic hydroxyl groups excluding tert-OH is 1. The first-order chi connectivity index (χ1) is 10.0. The first-order valence-electron chi connectivity index (χ1n) is 7.42. The van der Waals surface area contributed by atoms with E-state index >= 15 is 0 Å². The normalized spacial score (nSPS) is 16.7. The van der Waals surface area contributed by atoms with Crippen LogP contribution in [0.2, 0.25) is 0 Å². The Morgan fingerprint density at radius 3 is 2.43 bits per heavy atom. The van der Waals surface area contributed by atoms with Crippen molar-refractivity contribution < 1.29 is 13.5 Å². The van der Waals surface area contributed by atoms with E-state index in [0.717, 1.165) is 6.54 Å².